The van der Waals surface area contributed by atoms with Gasteiger partial charge in [-0.3, -0.25) is 19.9 Å². The lowest BCUT2D eigenvalue weighted by Crippen LogP contribution is -2.36. The van der Waals surface area contributed by atoms with Crippen LogP contribution in [0.5, 0.6) is 17.2 Å². The Hall–Kier alpha value is -3.33. The van der Waals surface area contributed by atoms with Gasteiger partial charge in [0.15, 0.2) is 11.5 Å². The number of benzene rings is 2. The van der Waals surface area contributed by atoms with Crippen molar-refractivity contribution in [2.45, 2.75) is 6.54 Å². The van der Waals surface area contributed by atoms with E-state index >= 15 is 0 Å². The van der Waals surface area contributed by atoms with E-state index in [0.717, 1.165) is 5.01 Å². The summed E-state index contributed by atoms with van der Waals surface area (Å²) < 4.78 is 15.8. The Morgan fingerprint density at radius 3 is 2.04 bits per heavy atom. The van der Waals surface area contributed by atoms with Crippen molar-refractivity contribution in [1.29, 1.82) is 0 Å². The maximum atomic E-state index is 12.4. The van der Waals surface area contributed by atoms with E-state index in [-0.39, 0.29) is 17.8 Å². The first-order valence-corrected chi connectivity index (χ1v) is 7.51. The maximum Gasteiger partial charge on any atom is 0.269 e. The number of non-ortho nitro benzene ring substituents is 1. The highest BCUT2D eigenvalue weighted by Crippen LogP contribution is 2.38. The molecule has 0 saturated heterocycles. The van der Waals surface area contributed by atoms with Crippen molar-refractivity contribution in [2.24, 2.45) is 5.84 Å². The van der Waals surface area contributed by atoms with Gasteiger partial charge in [-0.15, -0.1) is 0 Å². The second-order valence-corrected chi connectivity index (χ2v) is 5.27. The van der Waals surface area contributed by atoms with Gasteiger partial charge in [-0.1, -0.05) is 0 Å². The Labute approximate surface area is 150 Å². The molecule has 2 aromatic rings. The standard InChI is InChI=1S/C17H19N3O6/c1-24-14-8-11(9-15(25-2)16(14)26-3)10-19(18)17(21)12-4-6-13(7-5-12)20(22)23/h4-9H,10,18H2,1-3H3. The molecule has 0 unspecified atom stereocenters. The van der Waals surface area contributed by atoms with E-state index in [0.29, 0.717) is 22.8 Å². The molecule has 0 saturated carbocycles. The van der Waals surface area contributed by atoms with Crippen LogP contribution in [0.1, 0.15) is 15.9 Å². The summed E-state index contributed by atoms with van der Waals surface area (Å²) >= 11 is 0. The van der Waals surface area contributed by atoms with E-state index in [2.05, 4.69) is 0 Å². The predicted molar refractivity (Wildman–Crippen MR) is 93.3 cm³/mol. The molecule has 0 aliphatic rings. The Morgan fingerprint density at radius 2 is 1.62 bits per heavy atom. The lowest BCUT2D eigenvalue weighted by atomic mass is 10.1. The topological polar surface area (TPSA) is 117 Å². The van der Waals surface area contributed by atoms with E-state index in [4.69, 9.17) is 20.1 Å². The van der Waals surface area contributed by atoms with Crippen molar-refractivity contribution in [3.8, 4) is 17.2 Å². The fourth-order valence-electron chi connectivity index (χ4n) is 2.39. The fourth-order valence-corrected chi connectivity index (χ4v) is 2.39. The molecule has 0 aliphatic heterocycles. The summed E-state index contributed by atoms with van der Waals surface area (Å²) in [6, 6.07) is 8.58. The minimum absolute atomic E-state index is 0.0759. The normalized spacial score (nSPS) is 10.2. The van der Waals surface area contributed by atoms with Crippen molar-refractivity contribution >= 4 is 11.6 Å². The van der Waals surface area contributed by atoms with Gasteiger partial charge in [-0.05, 0) is 29.8 Å². The van der Waals surface area contributed by atoms with Crippen molar-refractivity contribution in [3.63, 3.8) is 0 Å². The Morgan fingerprint density at radius 1 is 1.08 bits per heavy atom. The average Bonchev–Trinajstić information content (AvgIpc) is 2.66. The van der Waals surface area contributed by atoms with Gasteiger partial charge in [0.2, 0.25) is 5.75 Å². The molecule has 1 amide bonds. The molecule has 9 heteroatoms. The number of nitro groups is 1. The molecule has 2 aromatic carbocycles. The third-order valence-electron chi connectivity index (χ3n) is 3.66. The zero-order valence-corrected chi connectivity index (χ0v) is 14.6. The molecule has 2 rings (SSSR count). The van der Waals surface area contributed by atoms with E-state index in [1.165, 1.54) is 45.6 Å². The predicted octanol–water partition coefficient (Wildman–Crippen LogP) is 2.14. The van der Waals surface area contributed by atoms with Crippen LogP contribution in [0, 0.1) is 10.1 Å². The molecule has 0 fully saturated rings. The molecule has 2 N–H and O–H groups in total. The lowest BCUT2D eigenvalue weighted by molar-refractivity contribution is -0.384. The lowest BCUT2D eigenvalue weighted by Gasteiger charge is -2.19. The Balaban J connectivity index is 2.21. The van der Waals surface area contributed by atoms with Crippen molar-refractivity contribution in [3.05, 3.63) is 57.6 Å². The number of carbonyl (C=O) groups is 1. The molecule has 0 atom stereocenters. The molecule has 26 heavy (non-hydrogen) atoms. The van der Waals surface area contributed by atoms with Crippen LogP contribution in [0.3, 0.4) is 0 Å². The monoisotopic (exact) mass is 361 g/mol. The third-order valence-corrected chi connectivity index (χ3v) is 3.66. The minimum atomic E-state index is -0.537. The van der Waals surface area contributed by atoms with E-state index < -0.39 is 10.8 Å². The Kier molecular flexibility index (Phi) is 5.97. The van der Waals surface area contributed by atoms with Crippen LogP contribution in [-0.2, 0) is 6.54 Å². The summed E-state index contributed by atoms with van der Waals surface area (Å²) in [5.41, 5.74) is 0.803. The number of nitrogens with two attached hydrogens (primary N) is 1. The highest BCUT2D eigenvalue weighted by atomic mass is 16.6. The summed E-state index contributed by atoms with van der Waals surface area (Å²) in [6.45, 7) is 0.0759. The average molecular weight is 361 g/mol. The van der Waals surface area contributed by atoms with Crippen molar-refractivity contribution in [1.82, 2.24) is 5.01 Å². The minimum Gasteiger partial charge on any atom is -0.493 e. The van der Waals surface area contributed by atoms with E-state index in [1.54, 1.807) is 12.1 Å². The van der Waals surface area contributed by atoms with Crippen LogP contribution in [0.4, 0.5) is 5.69 Å². The summed E-state index contributed by atoms with van der Waals surface area (Å²) in [6.07, 6.45) is 0. The van der Waals surface area contributed by atoms with Crippen LogP contribution >= 0.6 is 0 Å². The molecular weight excluding hydrogens is 342 g/mol. The van der Waals surface area contributed by atoms with Crippen LogP contribution in [-0.4, -0.2) is 37.2 Å². The second-order valence-electron chi connectivity index (χ2n) is 5.27. The molecule has 0 spiro atoms. The molecule has 0 radical (unpaired) electrons. The fraction of sp³-hybridized carbons (Fsp3) is 0.235. The number of amides is 1. The molecule has 9 nitrogen and oxygen atoms in total. The first-order chi connectivity index (χ1) is 12.4. The summed E-state index contributed by atoms with van der Waals surface area (Å²) in [4.78, 5) is 22.6. The van der Waals surface area contributed by atoms with Crippen LogP contribution in [0.25, 0.3) is 0 Å². The van der Waals surface area contributed by atoms with Crippen LogP contribution in [0.15, 0.2) is 36.4 Å². The van der Waals surface area contributed by atoms with Crippen molar-refractivity contribution in [2.75, 3.05) is 21.3 Å². The SMILES string of the molecule is COc1cc(CN(N)C(=O)c2ccc([N+](=O)[O-])cc2)cc(OC)c1OC. The van der Waals surface area contributed by atoms with E-state index in [9.17, 15) is 14.9 Å². The number of hydrazine groups is 1. The zero-order chi connectivity index (χ0) is 19.3. The van der Waals surface area contributed by atoms with Gasteiger partial charge in [-0.25, -0.2) is 5.84 Å². The van der Waals surface area contributed by atoms with Crippen LogP contribution < -0.4 is 20.1 Å². The molecular formula is C17H19N3O6. The smallest absolute Gasteiger partial charge is 0.269 e. The highest BCUT2D eigenvalue weighted by Gasteiger charge is 2.18. The quantitative estimate of drug-likeness (QED) is 0.347. The second kappa shape index (κ2) is 8.17. The maximum absolute atomic E-state index is 12.4. The number of hydrogen-bond acceptors (Lipinski definition) is 7. The van der Waals surface area contributed by atoms with Crippen LogP contribution in [0.2, 0.25) is 0 Å². The summed E-state index contributed by atoms with van der Waals surface area (Å²) in [7, 11) is 4.47. The van der Waals surface area contributed by atoms with Gasteiger partial charge < -0.3 is 14.2 Å². The third kappa shape index (κ3) is 4.01. The number of nitro benzene ring substituents is 1. The molecule has 0 aromatic heterocycles. The highest BCUT2D eigenvalue weighted by molar-refractivity contribution is 5.94. The van der Waals surface area contributed by atoms with Crippen molar-refractivity contribution < 1.29 is 23.9 Å². The van der Waals surface area contributed by atoms with Gasteiger partial charge in [0.25, 0.3) is 11.6 Å². The molecule has 0 bridgehead atoms. The van der Waals surface area contributed by atoms with Gasteiger partial charge in [0, 0.05) is 17.7 Å². The zero-order valence-electron chi connectivity index (χ0n) is 14.6. The van der Waals surface area contributed by atoms with Gasteiger partial charge in [0.05, 0.1) is 32.8 Å². The number of ether oxygens (including phenoxy) is 3. The molecule has 0 aliphatic carbocycles. The first kappa shape index (κ1) is 19.0. The summed E-state index contributed by atoms with van der Waals surface area (Å²) in [5.74, 6) is 6.71. The number of carbonyl (C=O) groups excluding carboxylic acids is 1. The number of rotatable bonds is 7. The number of methoxy groups -OCH3 is 3. The summed E-state index contributed by atoms with van der Waals surface area (Å²) in [5, 5.41) is 11.7. The molecule has 0 heterocycles. The van der Waals surface area contributed by atoms with E-state index in [1.807, 2.05) is 0 Å². The first-order valence-electron chi connectivity index (χ1n) is 7.51. The van der Waals surface area contributed by atoms with Gasteiger partial charge in [-0.2, -0.15) is 0 Å². The Bertz CT molecular complexity index is 782. The van der Waals surface area contributed by atoms with Gasteiger partial charge in [0.1, 0.15) is 0 Å². The largest absolute Gasteiger partial charge is 0.493 e. The number of nitrogens with zero attached hydrogens (tertiary/aromatic N) is 2. The van der Waals surface area contributed by atoms with Gasteiger partial charge >= 0.3 is 0 Å². The number of hydrogen-bond donors (Lipinski definition) is 1. The molecule has 138 valence electrons.